The van der Waals surface area contributed by atoms with Crippen molar-refractivity contribution in [2.75, 3.05) is 33.5 Å². The number of nitrogens with one attached hydrogen (secondary N) is 1. The van der Waals surface area contributed by atoms with Crippen LogP contribution in [0.4, 0.5) is 0 Å². The number of hydrogen-bond acceptors (Lipinski definition) is 5. The van der Waals surface area contributed by atoms with Gasteiger partial charge >= 0.3 is 0 Å². The van der Waals surface area contributed by atoms with Gasteiger partial charge < -0.3 is 24.6 Å². The van der Waals surface area contributed by atoms with Crippen LogP contribution in [-0.4, -0.2) is 50.8 Å². The van der Waals surface area contributed by atoms with Gasteiger partial charge in [-0.25, -0.2) is 0 Å². The van der Waals surface area contributed by atoms with Crippen LogP contribution >= 0.6 is 0 Å². The SMILES string of the molecule is COCCNC(=O)C1=C[C@H](C2CCC2)C[C@H](OCCCCO)O1. The first-order valence-corrected chi connectivity index (χ1v) is 8.62. The van der Waals surface area contributed by atoms with Crippen LogP contribution in [0.3, 0.4) is 0 Å². The Bertz CT molecular complexity index is 394. The molecule has 23 heavy (non-hydrogen) atoms. The number of rotatable bonds is 10. The molecule has 1 aliphatic carbocycles. The summed E-state index contributed by atoms with van der Waals surface area (Å²) in [7, 11) is 1.60. The Morgan fingerprint density at radius 2 is 2.22 bits per heavy atom. The number of ether oxygens (including phenoxy) is 3. The fourth-order valence-corrected chi connectivity index (χ4v) is 2.92. The fraction of sp³-hybridized carbons (Fsp3) is 0.824. The molecule has 132 valence electrons. The van der Waals surface area contributed by atoms with Crippen LogP contribution in [0, 0.1) is 11.8 Å². The van der Waals surface area contributed by atoms with Crippen LogP contribution < -0.4 is 5.32 Å². The summed E-state index contributed by atoms with van der Waals surface area (Å²) in [5, 5.41) is 11.6. The highest BCUT2D eigenvalue weighted by Gasteiger charge is 2.34. The number of aliphatic hydroxyl groups excluding tert-OH is 1. The van der Waals surface area contributed by atoms with Gasteiger partial charge in [0.1, 0.15) is 0 Å². The Labute approximate surface area is 138 Å². The first-order chi connectivity index (χ1) is 11.2. The smallest absolute Gasteiger partial charge is 0.286 e. The predicted molar refractivity (Wildman–Crippen MR) is 85.6 cm³/mol. The second-order valence-corrected chi connectivity index (χ2v) is 6.22. The van der Waals surface area contributed by atoms with Gasteiger partial charge in [-0.2, -0.15) is 0 Å². The van der Waals surface area contributed by atoms with E-state index in [0.717, 1.165) is 19.3 Å². The van der Waals surface area contributed by atoms with E-state index < -0.39 is 0 Å². The summed E-state index contributed by atoms with van der Waals surface area (Å²) < 4.78 is 16.4. The van der Waals surface area contributed by atoms with Crippen LogP contribution in [0.2, 0.25) is 0 Å². The average molecular weight is 327 g/mol. The summed E-state index contributed by atoms with van der Waals surface area (Å²) in [6, 6.07) is 0. The molecule has 0 aromatic heterocycles. The van der Waals surface area contributed by atoms with E-state index in [4.69, 9.17) is 19.3 Å². The number of allylic oxidation sites excluding steroid dienone is 1. The van der Waals surface area contributed by atoms with Gasteiger partial charge in [0.25, 0.3) is 5.91 Å². The van der Waals surface area contributed by atoms with E-state index in [1.807, 2.05) is 6.08 Å². The Morgan fingerprint density at radius 3 is 2.87 bits per heavy atom. The zero-order valence-corrected chi connectivity index (χ0v) is 14.0. The van der Waals surface area contributed by atoms with Crippen molar-refractivity contribution in [3.05, 3.63) is 11.8 Å². The molecule has 1 heterocycles. The maximum Gasteiger partial charge on any atom is 0.286 e. The average Bonchev–Trinajstić information content (AvgIpc) is 2.50. The van der Waals surface area contributed by atoms with Crippen molar-refractivity contribution < 1.29 is 24.1 Å². The molecular weight excluding hydrogens is 298 g/mol. The van der Waals surface area contributed by atoms with E-state index in [1.54, 1.807) is 7.11 Å². The molecule has 2 aliphatic rings. The van der Waals surface area contributed by atoms with Gasteiger partial charge in [-0.3, -0.25) is 4.79 Å². The largest absolute Gasteiger partial charge is 0.459 e. The molecular formula is C17H29NO5. The molecule has 2 rings (SSSR count). The van der Waals surface area contributed by atoms with Crippen molar-refractivity contribution >= 4 is 5.91 Å². The lowest BCUT2D eigenvalue weighted by atomic mass is 9.73. The van der Waals surface area contributed by atoms with Crippen LogP contribution in [0.5, 0.6) is 0 Å². The van der Waals surface area contributed by atoms with Gasteiger partial charge in [-0.05, 0) is 43.6 Å². The van der Waals surface area contributed by atoms with Crippen molar-refractivity contribution in [2.24, 2.45) is 11.8 Å². The van der Waals surface area contributed by atoms with Gasteiger partial charge in [0.15, 0.2) is 5.76 Å². The van der Waals surface area contributed by atoms with E-state index >= 15 is 0 Å². The molecule has 6 nitrogen and oxygen atoms in total. The van der Waals surface area contributed by atoms with E-state index in [0.29, 0.717) is 37.4 Å². The molecule has 0 aromatic carbocycles. The van der Waals surface area contributed by atoms with Crippen molar-refractivity contribution in [1.82, 2.24) is 5.32 Å². The maximum absolute atomic E-state index is 12.2. The van der Waals surface area contributed by atoms with Crippen molar-refractivity contribution in [3.8, 4) is 0 Å². The van der Waals surface area contributed by atoms with E-state index in [-0.39, 0.29) is 18.8 Å². The minimum absolute atomic E-state index is 0.173. The normalized spacial score (nSPS) is 24.5. The summed E-state index contributed by atoms with van der Waals surface area (Å²) in [5.74, 6) is 1.17. The molecule has 1 aliphatic heterocycles. The van der Waals surface area contributed by atoms with E-state index in [1.165, 1.54) is 19.3 Å². The lowest BCUT2D eigenvalue weighted by Crippen LogP contribution is -2.37. The quantitative estimate of drug-likeness (QED) is 0.596. The van der Waals surface area contributed by atoms with Crippen LogP contribution in [0.25, 0.3) is 0 Å². The first kappa shape index (κ1) is 18.2. The number of hydrogen-bond donors (Lipinski definition) is 2. The second-order valence-electron chi connectivity index (χ2n) is 6.22. The number of aliphatic hydroxyl groups is 1. The monoisotopic (exact) mass is 327 g/mol. The van der Waals surface area contributed by atoms with Gasteiger partial charge in [-0.1, -0.05) is 6.42 Å². The lowest BCUT2D eigenvalue weighted by molar-refractivity contribution is -0.152. The molecule has 1 amide bonds. The third kappa shape index (κ3) is 5.79. The Hall–Kier alpha value is -1.11. The Morgan fingerprint density at radius 1 is 1.39 bits per heavy atom. The number of carbonyl (C=O) groups excluding carboxylic acids is 1. The number of carbonyl (C=O) groups is 1. The number of amides is 1. The zero-order chi connectivity index (χ0) is 16.5. The van der Waals surface area contributed by atoms with Gasteiger partial charge in [0, 0.05) is 26.7 Å². The molecule has 0 spiro atoms. The molecule has 6 heteroatoms. The number of unbranched alkanes of at least 4 members (excludes halogenated alkanes) is 1. The van der Waals surface area contributed by atoms with E-state index in [2.05, 4.69) is 5.32 Å². The number of methoxy groups -OCH3 is 1. The van der Waals surface area contributed by atoms with Gasteiger partial charge in [0.05, 0.1) is 13.2 Å². The molecule has 0 radical (unpaired) electrons. The highest BCUT2D eigenvalue weighted by Crippen LogP contribution is 2.39. The summed E-state index contributed by atoms with van der Waals surface area (Å²) in [6.07, 6.45) is 7.63. The van der Waals surface area contributed by atoms with Crippen LogP contribution in [0.15, 0.2) is 11.8 Å². The zero-order valence-electron chi connectivity index (χ0n) is 14.0. The highest BCUT2D eigenvalue weighted by atomic mass is 16.7. The molecule has 2 N–H and O–H groups in total. The molecule has 0 saturated heterocycles. The molecule has 1 fully saturated rings. The van der Waals surface area contributed by atoms with Crippen LogP contribution in [-0.2, 0) is 19.0 Å². The molecule has 0 bridgehead atoms. The standard InChI is InChI=1S/C17H29NO5/c1-21-10-7-18-17(20)15-11-14(13-5-4-6-13)12-16(23-15)22-9-3-2-8-19/h11,13-14,16,19H,2-10,12H2,1H3,(H,18,20)/t14-,16+/m0/s1. The third-order valence-electron chi connectivity index (χ3n) is 4.52. The van der Waals surface area contributed by atoms with Gasteiger partial charge in [-0.15, -0.1) is 0 Å². The minimum Gasteiger partial charge on any atom is -0.459 e. The van der Waals surface area contributed by atoms with Crippen molar-refractivity contribution in [2.45, 2.75) is 44.8 Å². The minimum atomic E-state index is -0.368. The molecule has 2 atom stereocenters. The summed E-state index contributed by atoms with van der Waals surface area (Å²) >= 11 is 0. The highest BCUT2D eigenvalue weighted by molar-refractivity contribution is 5.91. The molecule has 1 saturated carbocycles. The van der Waals surface area contributed by atoms with Crippen LogP contribution in [0.1, 0.15) is 38.5 Å². The Balaban J connectivity index is 1.88. The lowest BCUT2D eigenvalue weighted by Gasteiger charge is -2.37. The van der Waals surface area contributed by atoms with Crippen molar-refractivity contribution in [1.29, 1.82) is 0 Å². The fourth-order valence-electron chi connectivity index (χ4n) is 2.92. The first-order valence-electron chi connectivity index (χ1n) is 8.62. The summed E-state index contributed by atoms with van der Waals surface area (Å²) in [5.41, 5.74) is 0. The molecule has 0 unspecified atom stereocenters. The predicted octanol–water partition coefficient (Wildman–Crippen LogP) is 1.58. The Kier molecular flexibility index (Phi) is 7.85. The topological polar surface area (TPSA) is 77.0 Å². The van der Waals surface area contributed by atoms with E-state index in [9.17, 15) is 4.79 Å². The third-order valence-corrected chi connectivity index (χ3v) is 4.52. The molecule has 0 aromatic rings. The second kappa shape index (κ2) is 9.90. The summed E-state index contributed by atoms with van der Waals surface area (Å²) in [4.78, 5) is 12.2. The van der Waals surface area contributed by atoms with Crippen molar-refractivity contribution in [3.63, 3.8) is 0 Å². The maximum atomic E-state index is 12.2. The summed E-state index contributed by atoms with van der Waals surface area (Å²) in [6.45, 7) is 1.66. The van der Waals surface area contributed by atoms with Gasteiger partial charge in [0.2, 0.25) is 6.29 Å².